The molecule has 4 N–H and O–H groups in total. The number of piperidine rings is 1. The molecular weight excluding hydrogens is 494 g/mol. The summed E-state index contributed by atoms with van der Waals surface area (Å²) in [6.07, 6.45) is 7.36. The Morgan fingerprint density at radius 3 is 2.51 bits per heavy atom. The molecule has 37 heavy (non-hydrogen) atoms. The van der Waals surface area contributed by atoms with Gasteiger partial charge in [0.2, 0.25) is 11.9 Å². The molecule has 0 unspecified atom stereocenters. The quantitative estimate of drug-likeness (QED) is 0.409. The number of rotatable bonds is 8. The van der Waals surface area contributed by atoms with Gasteiger partial charge >= 0.3 is 0 Å². The number of nitrogens with one attached hydrogen (secondary N) is 4. The topological polar surface area (TPSA) is 121 Å². The van der Waals surface area contributed by atoms with E-state index in [1.807, 2.05) is 0 Å². The molecule has 2 heterocycles. The number of methoxy groups -OCH3 is 1. The summed E-state index contributed by atoms with van der Waals surface area (Å²) in [5, 5.41) is 13.1. The van der Waals surface area contributed by atoms with Gasteiger partial charge in [-0.15, -0.1) is 0 Å². The number of carbonyl (C=O) groups excluding carboxylic acids is 2. The fraction of sp³-hybridized carbons (Fsp3) is 0.538. The van der Waals surface area contributed by atoms with E-state index in [4.69, 9.17) is 16.3 Å². The average Bonchev–Trinajstić information content (AvgIpc) is 2.88. The molecule has 2 atom stereocenters. The lowest BCUT2D eigenvalue weighted by molar-refractivity contribution is -0.119. The molecule has 2 aliphatic rings. The molecule has 2 aromatic rings. The van der Waals surface area contributed by atoms with E-state index < -0.39 is 0 Å². The molecule has 11 heteroatoms. The molecule has 2 fully saturated rings. The highest BCUT2D eigenvalue weighted by molar-refractivity contribution is 6.32. The van der Waals surface area contributed by atoms with Gasteiger partial charge in [-0.05, 0) is 64.0 Å². The minimum Gasteiger partial charge on any atom is -0.495 e. The van der Waals surface area contributed by atoms with Crippen molar-refractivity contribution in [2.75, 3.05) is 37.9 Å². The van der Waals surface area contributed by atoms with Gasteiger partial charge in [-0.1, -0.05) is 24.4 Å². The maximum Gasteiger partial charge on any atom is 0.251 e. The van der Waals surface area contributed by atoms with Crippen LogP contribution in [0.2, 0.25) is 5.02 Å². The normalized spacial score (nSPS) is 20.6. The van der Waals surface area contributed by atoms with Crippen molar-refractivity contribution in [3.05, 3.63) is 35.0 Å². The molecule has 1 aromatic carbocycles. The number of aromatic nitrogens is 2. The number of hydrogen-bond acceptors (Lipinski definition) is 8. The maximum atomic E-state index is 12.8. The Labute approximate surface area is 222 Å². The number of likely N-dealkylation sites (tertiary alicyclic amines) is 1. The molecule has 1 aliphatic carbocycles. The second-order valence-electron chi connectivity index (χ2n) is 9.82. The van der Waals surface area contributed by atoms with Crippen LogP contribution in [0.25, 0.3) is 0 Å². The van der Waals surface area contributed by atoms with Crippen LogP contribution < -0.4 is 26.0 Å². The van der Waals surface area contributed by atoms with Gasteiger partial charge in [0.25, 0.3) is 5.91 Å². The molecule has 1 saturated heterocycles. The molecule has 0 radical (unpaired) electrons. The van der Waals surface area contributed by atoms with E-state index in [0.29, 0.717) is 33.8 Å². The van der Waals surface area contributed by atoms with Gasteiger partial charge < -0.3 is 30.9 Å². The van der Waals surface area contributed by atoms with Gasteiger partial charge in [-0.3, -0.25) is 9.59 Å². The average molecular weight is 530 g/mol. The van der Waals surface area contributed by atoms with Gasteiger partial charge in [-0.2, -0.15) is 4.98 Å². The van der Waals surface area contributed by atoms with Crippen molar-refractivity contribution in [1.82, 2.24) is 25.5 Å². The Bertz CT molecular complexity index is 1110. The maximum absolute atomic E-state index is 12.8. The predicted octanol–water partition coefficient (Wildman–Crippen LogP) is 3.57. The second-order valence-corrected chi connectivity index (χ2v) is 10.2. The number of ether oxygens (including phenoxy) is 1. The molecule has 0 spiro atoms. The second kappa shape index (κ2) is 12.4. The number of halogens is 1. The van der Waals surface area contributed by atoms with Crippen molar-refractivity contribution in [2.45, 2.75) is 63.6 Å². The van der Waals surface area contributed by atoms with Crippen molar-refractivity contribution in [2.24, 2.45) is 0 Å². The number of nitrogens with zero attached hydrogens (tertiary/aromatic N) is 3. The number of carbonyl (C=O) groups is 2. The molecule has 0 bridgehead atoms. The summed E-state index contributed by atoms with van der Waals surface area (Å²) in [5.41, 5.74) is 1.16. The summed E-state index contributed by atoms with van der Waals surface area (Å²) < 4.78 is 5.55. The van der Waals surface area contributed by atoms with Crippen molar-refractivity contribution >= 4 is 40.9 Å². The largest absolute Gasteiger partial charge is 0.495 e. The summed E-state index contributed by atoms with van der Waals surface area (Å²) >= 11 is 6.40. The Balaban J connectivity index is 1.45. The van der Waals surface area contributed by atoms with Gasteiger partial charge in [0.1, 0.15) is 10.8 Å². The highest BCUT2D eigenvalue weighted by Crippen LogP contribution is 2.30. The summed E-state index contributed by atoms with van der Waals surface area (Å²) in [4.78, 5) is 35.6. The minimum absolute atomic E-state index is 0.0157. The van der Waals surface area contributed by atoms with Crippen LogP contribution in [-0.4, -0.2) is 72.1 Å². The van der Waals surface area contributed by atoms with Crippen LogP contribution in [0.3, 0.4) is 0 Å². The van der Waals surface area contributed by atoms with Gasteiger partial charge in [-0.25, -0.2) is 4.98 Å². The van der Waals surface area contributed by atoms with Crippen LogP contribution in [-0.2, 0) is 4.79 Å². The molecule has 1 aromatic heterocycles. The molecular formula is C26H36ClN7O3. The van der Waals surface area contributed by atoms with E-state index in [9.17, 15) is 9.59 Å². The smallest absolute Gasteiger partial charge is 0.251 e. The first-order valence-electron chi connectivity index (χ1n) is 12.8. The molecule has 1 saturated carbocycles. The number of amides is 2. The molecule has 4 rings (SSSR count). The third-order valence-corrected chi connectivity index (χ3v) is 7.26. The fourth-order valence-corrected chi connectivity index (χ4v) is 5.07. The van der Waals surface area contributed by atoms with E-state index in [1.54, 1.807) is 25.3 Å². The molecule has 10 nitrogen and oxygen atoms in total. The number of anilines is 3. The van der Waals surface area contributed by atoms with Crippen molar-refractivity contribution in [3.63, 3.8) is 0 Å². The zero-order chi connectivity index (χ0) is 26.4. The lowest BCUT2D eigenvalue weighted by Gasteiger charge is -2.33. The first-order chi connectivity index (χ1) is 17.8. The van der Waals surface area contributed by atoms with Crippen LogP contribution >= 0.6 is 11.6 Å². The van der Waals surface area contributed by atoms with Crippen LogP contribution in [0.15, 0.2) is 24.4 Å². The predicted molar refractivity (Wildman–Crippen MR) is 145 cm³/mol. The Morgan fingerprint density at radius 1 is 1.08 bits per heavy atom. The summed E-state index contributed by atoms with van der Waals surface area (Å²) in [6, 6.07) is 5.46. The highest BCUT2D eigenvalue weighted by atomic mass is 35.5. The van der Waals surface area contributed by atoms with Crippen molar-refractivity contribution < 1.29 is 14.3 Å². The van der Waals surface area contributed by atoms with Gasteiger partial charge in [0.15, 0.2) is 5.82 Å². The Morgan fingerprint density at radius 2 is 1.81 bits per heavy atom. The lowest BCUT2D eigenvalue weighted by Crippen LogP contribution is -2.48. The standard InChI is InChI=1S/C26H36ClN7O3/c1-16(35)29-20-6-4-5-7-21(20)31-24-19(27)15-28-26(33-24)32-22-9-8-17(14-23(22)37-3)25(36)30-18-10-12-34(2)13-11-18/h8-9,14-15,18,20-21H,4-7,10-13H2,1-3H3,(H,29,35)(H,30,36)(H2,28,31,32,33)/t20-,21-/m1/s1. The van der Waals surface area contributed by atoms with E-state index in [2.05, 4.69) is 43.2 Å². The number of benzene rings is 1. The van der Waals surface area contributed by atoms with E-state index >= 15 is 0 Å². The first-order valence-corrected chi connectivity index (χ1v) is 13.2. The lowest BCUT2D eigenvalue weighted by atomic mass is 9.90. The van der Waals surface area contributed by atoms with E-state index in [1.165, 1.54) is 13.1 Å². The highest BCUT2D eigenvalue weighted by Gasteiger charge is 2.27. The third kappa shape index (κ3) is 7.23. The zero-order valence-corrected chi connectivity index (χ0v) is 22.4. The minimum atomic E-state index is -0.116. The molecule has 200 valence electrons. The monoisotopic (exact) mass is 529 g/mol. The van der Waals surface area contributed by atoms with Crippen molar-refractivity contribution in [3.8, 4) is 5.75 Å². The van der Waals surface area contributed by atoms with Crippen molar-refractivity contribution in [1.29, 1.82) is 0 Å². The SMILES string of the molecule is COc1cc(C(=O)NC2CCN(C)CC2)ccc1Nc1ncc(Cl)c(N[C@@H]2CCCC[C@H]2NC(C)=O)n1. The van der Waals surface area contributed by atoms with Crippen LogP contribution in [0, 0.1) is 0 Å². The van der Waals surface area contributed by atoms with Crippen LogP contribution in [0.4, 0.5) is 17.5 Å². The molecule has 2 amide bonds. The third-order valence-electron chi connectivity index (χ3n) is 6.98. The van der Waals surface area contributed by atoms with E-state index in [-0.39, 0.29) is 29.9 Å². The summed E-state index contributed by atoms with van der Waals surface area (Å²) in [6.45, 7) is 3.48. The Kier molecular flexibility index (Phi) is 9.04. The number of hydrogen-bond donors (Lipinski definition) is 4. The van der Waals surface area contributed by atoms with Crippen LogP contribution in [0.1, 0.15) is 55.8 Å². The Hall–Kier alpha value is -3.11. The fourth-order valence-electron chi connectivity index (χ4n) is 4.92. The summed E-state index contributed by atoms with van der Waals surface area (Å²) in [5.74, 6) is 1.16. The first kappa shape index (κ1) is 26.9. The zero-order valence-electron chi connectivity index (χ0n) is 21.6. The van der Waals surface area contributed by atoms with Gasteiger partial charge in [0, 0.05) is 30.6 Å². The van der Waals surface area contributed by atoms with Gasteiger partial charge in [0.05, 0.1) is 19.0 Å². The van der Waals surface area contributed by atoms with E-state index in [0.717, 1.165) is 51.6 Å². The summed E-state index contributed by atoms with van der Waals surface area (Å²) in [7, 11) is 3.65. The van der Waals surface area contributed by atoms with Crippen LogP contribution in [0.5, 0.6) is 5.75 Å². The molecule has 1 aliphatic heterocycles.